The second-order valence-electron chi connectivity index (χ2n) is 2.10. The minimum atomic E-state index is -3.57. The van der Waals surface area contributed by atoms with E-state index in [0.717, 1.165) is 0 Å². The van der Waals surface area contributed by atoms with Crippen LogP contribution in [-0.2, 0) is 22.9 Å². The van der Waals surface area contributed by atoms with E-state index in [1.807, 2.05) is 0 Å². The van der Waals surface area contributed by atoms with Gasteiger partial charge in [-0.3, -0.25) is 9.13 Å². The molecule has 0 radical (unpaired) electrons. The lowest BCUT2D eigenvalue weighted by molar-refractivity contribution is 0.233. The van der Waals surface area contributed by atoms with Crippen molar-refractivity contribution in [3.63, 3.8) is 0 Å². The van der Waals surface area contributed by atoms with Crippen LogP contribution in [0.4, 0.5) is 0 Å². The molecule has 5 nitrogen and oxygen atoms in total. The van der Waals surface area contributed by atoms with Crippen LogP contribution in [0.15, 0.2) is 0 Å². The molecule has 0 spiro atoms. The van der Waals surface area contributed by atoms with Crippen molar-refractivity contribution in [1.29, 1.82) is 0 Å². The van der Waals surface area contributed by atoms with Crippen LogP contribution < -0.4 is 0 Å². The molecular formula is C4H10Cl2O5P2. The molecule has 0 bridgehead atoms. The highest BCUT2D eigenvalue weighted by molar-refractivity contribution is 7.96. The Labute approximate surface area is 86.1 Å². The molecule has 13 heavy (non-hydrogen) atoms. The molecule has 0 rings (SSSR count). The second-order valence-corrected chi connectivity index (χ2v) is 8.72. The molecule has 2 atom stereocenters. The van der Waals surface area contributed by atoms with Gasteiger partial charge in [0.2, 0.25) is 0 Å². The van der Waals surface area contributed by atoms with E-state index in [4.69, 9.17) is 22.5 Å². The SMILES string of the molecule is COCP(=O)(Cl)OP(=O)(Cl)COC. The van der Waals surface area contributed by atoms with Crippen molar-refractivity contribution < 1.29 is 22.9 Å². The van der Waals surface area contributed by atoms with Gasteiger partial charge in [-0.1, -0.05) is 0 Å². The van der Waals surface area contributed by atoms with Crippen LogP contribution in [0.1, 0.15) is 0 Å². The quantitative estimate of drug-likeness (QED) is 0.694. The molecule has 80 valence electrons. The first kappa shape index (κ1) is 13.9. The Hall–Kier alpha value is 0.920. The molecule has 2 unspecified atom stereocenters. The summed E-state index contributed by atoms with van der Waals surface area (Å²) < 4.78 is 35.9. The highest BCUT2D eigenvalue weighted by atomic mass is 35.7. The molecule has 0 N–H and O–H groups in total. The lowest BCUT2D eigenvalue weighted by Gasteiger charge is -2.14. The molecule has 0 heterocycles. The standard InChI is InChI=1S/C4H10Cl2O5P2/c1-9-3-12(5,7)11-13(6,8)4-10-2/h3-4H2,1-2H3. The van der Waals surface area contributed by atoms with Gasteiger partial charge < -0.3 is 9.47 Å². The third-order valence-corrected chi connectivity index (χ3v) is 5.59. The summed E-state index contributed by atoms with van der Waals surface area (Å²) in [6, 6.07) is 0. The zero-order valence-corrected chi connectivity index (χ0v) is 10.4. The van der Waals surface area contributed by atoms with Crippen LogP contribution >= 0.6 is 35.9 Å². The lowest BCUT2D eigenvalue weighted by atomic mass is 11.5. The van der Waals surface area contributed by atoms with Crippen molar-refractivity contribution in [2.75, 3.05) is 26.9 Å². The topological polar surface area (TPSA) is 61.8 Å². The van der Waals surface area contributed by atoms with Crippen molar-refractivity contribution in [2.24, 2.45) is 0 Å². The third kappa shape index (κ3) is 6.92. The van der Waals surface area contributed by atoms with Crippen LogP contribution in [0, 0.1) is 0 Å². The van der Waals surface area contributed by atoms with E-state index in [1.54, 1.807) is 0 Å². The Morgan fingerprint density at radius 1 is 1.00 bits per heavy atom. The van der Waals surface area contributed by atoms with Crippen molar-refractivity contribution in [2.45, 2.75) is 0 Å². The normalized spacial score (nSPS) is 20.6. The minimum Gasteiger partial charge on any atom is -0.373 e. The number of ether oxygens (including phenoxy) is 2. The Bertz CT molecular complexity index is 221. The van der Waals surface area contributed by atoms with E-state index in [2.05, 4.69) is 13.8 Å². The summed E-state index contributed by atoms with van der Waals surface area (Å²) in [6.45, 7) is -7.14. The maximum atomic E-state index is 11.2. The van der Waals surface area contributed by atoms with Crippen LogP contribution in [-0.4, -0.2) is 26.9 Å². The van der Waals surface area contributed by atoms with Crippen LogP contribution in [0.3, 0.4) is 0 Å². The van der Waals surface area contributed by atoms with Crippen LogP contribution in [0.5, 0.6) is 0 Å². The first-order valence-electron chi connectivity index (χ1n) is 3.09. The van der Waals surface area contributed by atoms with Gasteiger partial charge in [0.05, 0.1) is 0 Å². The molecule has 0 saturated heterocycles. The van der Waals surface area contributed by atoms with Crippen molar-refractivity contribution in [3.8, 4) is 0 Å². The van der Waals surface area contributed by atoms with E-state index in [1.165, 1.54) is 14.2 Å². The number of hydrogen-bond donors (Lipinski definition) is 0. The van der Waals surface area contributed by atoms with Gasteiger partial charge in [0, 0.05) is 14.2 Å². The molecule has 0 aliphatic carbocycles. The average Bonchev–Trinajstić information content (AvgIpc) is 1.82. The minimum absolute atomic E-state index is 0.352. The Morgan fingerprint density at radius 2 is 1.31 bits per heavy atom. The molecular weight excluding hydrogens is 261 g/mol. The number of methoxy groups -OCH3 is 2. The summed E-state index contributed by atoms with van der Waals surface area (Å²) in [5, 5.41) is 0. The fraction of sp³-hybridized carbons (Fsp3) is 1.00. The first-order chi connectivity index (χ1) is 5.83. The Kier molecular flexibility index (Phi) is 6.12. The zero-order valence-electron chi connectivity index (χ0n) is 7.11. The molecule has 0 aromatic carbocycles. The van der Waals surface area contributed by atoms with Crippen molar-refractivity contribution in [1.82, 2.24) is 0 Å². The smallest absolute Gasteiger partial charge is 0.321 e. The molecule has 0 aliphatic heterocycles. The predicted octanol–water partition coefficient (Wildman–Crippen LogP) is 3.07. The van der Waals surface area contributed by atoms with Crippen LogP contribution in [0.25, 0.3) is 0 Å². The highest BCUT2D eigenvalue weighted by Crippen LogP contribution is 2.68. The van der Waals surface area contributed by atoms with E-state index in [9.17, 15) is 9.13 Å². The Balaban J connectivity index is 4.25. The maximum absolute atomic E-state index is 11.2. The van der Waals surface area contributed by atoms with Crippen molar-refractivity contribution >= 4 is 35.9 Å². The van der Waals surface area contributed by atoms with Crippen molar-refractivity contribution in [3.05, 3.63) is 0 Å². The zero-order chi connectivity index (χ0) is 10.5. The van der Waals surface area contributed by atoms with Gasteiger partial charge in [0.25, 0.3) is 0 Å². The maximum Gasteiger partial charge on any atom is 0.321 e. The predicted molar refractivity (Wildman–Crippen MR) is 51.8 cm³/mol. The fourth-order valence-electron chi connectivity index (χ4n) is 0.538. The molecule has 0 saturated carbocycles. The van der Waals surface area contributed by atoms with Gasteiger partial charge in [-0.05, 0) is 22.5 Å². The molecule has 0 aromatic heterocycles. The third-order valence-electron chi connectivity index (χ3n) is 0.810. The largest absolute Gasteiger partial charge is 0.373 e. The Morgan fingerprint density at radius 3 is 1.54 bits per heavy atom. The summed E-state index contributed by atoms with van der Waals surface area (Å²) in [6.07, 6.45) is -0.704. The van der Waals surface area contributed by atoms with Gasteiger partial charge in [0.15, 0.2) is 0 Å². The summed E-state index contributed by atoms with van der Waals surface area (Å²) >= 11 is 10.7. The lowest BCUT2D eigenvalue weighted by Crippen LogP contribution is -1.93. The van der Waals surface area contributed by atoms with Crippen LogP contribution in [0.2, 0.25) is 0 Å². The van der Waals surface area contributed by atoms with Gasteiger partial charge in [0.1, 0.15) is 12.7 Å². The molecule has 0 fully saturated rings. The van der Waals surface area contributed by atoms with E-state index in [-0.39, 0.29) is 12.7 Å². The van der Waals surface area contributed by atoms with E-state index >= 15 is 0 Å². The van der Waals surface area contributed by atoms with Gasteiger partial charge in [-0.25, -0.2) is 4.31 Å². The molecule has 0 aliphatic rings. The monoisotopic (exact) mass is 270 g/mol. The summed E-state index contributed by atoms with van der Waals surface area (Å²) in [5.74, 6) is 0. The molecule has 0 aromatic rings. The molecule has 9 heteroatoms. The van der Waals surface area contributed by atoms with Gasteiger partial charge >= 0.3 is 13.4 Å². The fourth-order valence-corrected chi connectivity index (χ4v) is 5.65. The van der Waals surface area contributed by atoms with Gasteiger partial charge in [-0.2, -0.15) is 0 Å². The number of rotatable bonds is 6. The summed E-state index contributed by atoms with van der Waals surface area (Å²) in [7, 11) is 2.57. The molecule has 0 amide bonds. The average molecular weight is 271 g/mol. The summed E-state index contributed by atoms with van der Waals surface area (Å²) in [4.78, 5) is 0. The summed E-state index contributed by atoms with van der Waals surface area (Å²) in [5.41, 5.74) is 0. The number of halogens is 2. The number of hydrogen-bond acceptors (Lipinski definition) is 5. The highest BCUT2D eigenvalue weighted by Gasteiger charge is 2.31. The van der Waals surface area contributed by atoms with Gasteiger partial charge in [-0.15, -0.1) is 0 Å². The van der Waals surface area contributed by atoms with E-state index < -0.39 is 13.4 Å². The van der Waals surface area contributed by atoms with E-state index in [0.29, 0.717) is 0 Å². The second kappa shape index (κ2) is 5.72. The first-order valence-corrected chi connectivity index (χ1v) is 8.52.